The van der Waals surface area contributed by atoms with E-state index >= 15 is 0 Å². The molecule has 5 heteroatoms. The topological polar surface area (TPSA) is 75.9 Å². The molecule has 0 spiro atoms. The van der Waals surface area contributed by atoms with Gasteiger partial charge in [-0.15, -0.1) is 0 Å². The first kappa shape index (κ1) is 14.8. The van der Waals surface area contributed by atoms with Gasteiger partial charge in [0, 0.05) is 12.2 Å². The Balaban J connectivity index is 1.74. The molecule has 0 unspecified atom stereocenters. The highest BCUT2D eigenvalue weighted by Crippen LogP contribution is 2.26. The molecular formula is C18H19N5. The van der Waals surface area contributed by atoms with Crippen LogP contribution in [0.3, 0.4) is 0 Å². The van der Waals surface area contributed by atoms with E-state index in [4.69, 9.17) is 5.73 Å². The fourth-order valence-corrected chi connectivity index (χ4v) is 2.19. The van der Waals surface area contributed by atoms with Gasteiger partial charge in [-0.25, -0.2) is 9.97 Å². The predicted octanol–water partition coefficient (Wildman–Crippen LogP) is 3.72. The molecule has 1 heterocycles. The second kappa shape index (κ2) is 6.79. The van der Waals surface area contributed by atoms with Crippen molar-refractivity contribution in [3.05, 3.63) is 72.1 Å². The van der Waals surface area contributed by atoms with E-state index in [0.29, 0.717) is 23.9 Å². The van der Waals surface area contributed by atoms with Gasteiger partial charge in [0.1, 0.15) is 12.0 Å². The minimum absolute atomic E-state index is 0.504. The van der Waals surface area contributed by atoms with Crippen molar-refractivity contribution in [3.63, 3.8) is 0 Å². The molecule has 4 N–H and O–H groups in total. The Morgan fingerprint density at radius 2 is 1.61 bits per heavy atom. The summed E-state index contributed by atoms with van der Waals surface area (Å²) in [7, 11) is 0. The fourth-order valence-electron chi connectivity index (χ4n) is 2.19. The van der Waals surface area contributed by atoms with Gasteiger partial charge in [-0.3, -0.25) is 0 Å². The maximum atomic E-state index is 6.18. The van der Waals surface area contributed by atoms with Crippen LogP contribution in [0.25, 0.3) is 0 Å². The van der Waals surface area contributed by atoms with Crippen molar-refractivity contribution in [1.82, 2.24) is 9.97 Å². The Labute approximate surface area is 135 Å². The van der Waals surface area contributed by atoms with Crippen molar-refractivity contribution >= 4 is 23.0 Å². The average Bonchev–Trinajstić information content (AvgIpc) is 2.58. The molecule has 3 rings (SSSR count). The number of anilines is 4. The number of aromatic nitrogens is 2. The molecule has 3 aromatic rings. The van der Waals surface area contributed by atoms with Gasteiger partial charge in [-0.05, 0) is 24.6 Å². The molecule has 0 saturated heterocycles. The van der Waals surface area contributed by atoms with E-state index in [2.05, 4.69) is 39.7 Å². The van der Waals surface area contributed by atoms with Crippen LogP contribution in [0.2, 0.25) is 0 Å². The lowest BCUT2D eigenvalue weighted by atomic mass is 10.2. The van der Waals surface area contributed by atoms with Crippen molar-refractivity contribution < 1.29 is 0 Å². The largest absolute Gasteiger partial charge is 0.393 e. The molecule has 0 atom stereocenters. The number of nitrogens with two attached hydrogens (primary N) is 1. The standard InChI is InChI=1S/C18H19N5/c1-13-7-9-15(10-8-13)23-18-16(19)17(21-12-22-18)20-11-14-5-3-2-4-6-14/h2-10,12H,11,19H2,1H3,(H2,20,21,22,23). The molecule has 0 radical (unpaired) electrons. The van der Waals surface area contributed by atoms with Crippen molar-refractivity contribution in [2.75, 3.05) is 16.4 Å². The zero-order chi connectivity index (χ0) is 16.1. The lowest BCUT2D eigenvalue weighted by Crippen LogP contribution is -2.08. The molecule has 116 valence electrons. The van der Waals surface area contributed by atoms with Crippen molar-refractivity contribution in [2.45, 2.75) is 13.5 Å². The molecule has 0 fully saturated rings. The summed E-state index contributed by atoms with van der Waals surface area (Å²) in [5.74, 6) is 1.22. The summed E-state index contributed by atoms with van der Waals surface area (Å²) in [6, 6.07) is 18.2. The van der Waals surface area contributed by atoms with Crippen LogP contribution >= 0.6 is 0 Å². The summed E-state index contributed by atoms with van der Waals surface area (Å²) < 4.78 is 0. The molecule has 1 aromatic heterocycles. The third kappa shape index (κ3) is 3.77. The van der Waals surface area contributed by atoms with E-state index in [0.717, 1.165) is 5.69 Å². The Morgan fingerprint density at radius 1 is 0.913 bits per heavy atom. The van der Waals surface area contributed by atoms with Crippen molar-refractivity contribution in [1.29, 1.82) is 0 Å². The van der Waals surface area contributed by atoms with E-state index in [1.54, 1.807) is 0 Å². The van der Waals surface area contributed by atoms with Crippen LogP contribution in [-0.2, 0) is 6.54 Å². The van der Waals surface area contributed by atoms with Crippen LogP contribution < -0.4 is 16.4 Å². The lowest BCUT2D eigenvalue weighted by molar-refractivity contribution is 1.09. The van der Waals surface area contributed by atoms with Crippen LogP contribution in [0.4, 0.5) is 23.0 Å². The first-order chi connectivity index (χ1) is 11.2. The molecule has 2 aromatic carbocycles. The highest BCUT2D eigenvalue weighted by Gasteiger charge is 2.08. The molecule has 23 heavy (non-hydrogen) atoms. The first-order valence-corrected chi connectivity index (χ1v) is 7.44. The third-order valence-corrected chi connectivity index (χ3v) is 3.50. The number of rotatable bonds is 5. The summed E-state index contributed by atoms with van der Waals surface area (Å²) in [6.45, 7) is 2.71. The average molecular weight is 305 g/mol. The monoisotopic (exact) mass is 305 g/mol. The van der Waals surface area contributed by atoms with Crippen LogP contribution in [0.15, 0.2) is 60.9 Å². The number of aryl methyl sites for hydroxylation is 1. The van der Waals surface area contributed by atoms with Gasteiger partial charge in [0.25, 0.3) is 0 Å². The van der Waals surface area contributed by atoms with Gasteiger partial charge >= 0.3 is 0 Å². The van der Waals surface area contributed by atoms with Crippen LogP contribution in [-0.4, -0.2) is 9.97 Å². The molecule has 0 aliphatic carbocycles. The number of nitrogens with one attached hydrogen (secondary N) is 2. The van der Waals surface area contributed by atoms with Gasteiger partial charge in [0.15, 0.2) is 11.6 Å². The van der Waals surface area contributed by atoms with E-state index in [9.17, 15) is 0 Å². The highest BCUT2D eigenvalue weighted by atomic mass is 15.1. The van der Waals surface area contributed by atoms with E-state index < -0.39 is 0 Å². The summed E-state index contributed by atoms with van der Waals surface area (Å²) >= 11 is 0. The third-order valence-electron chi connectivity index (χ3n) is 3.50. The molecule has 0 amide bonds. The van der Waals surface area contributed by atoms with E-state index in [1.807, 2.05) is 42.5 Å². The van der Waals surface area contributed by atoms with E-state index in [1.165, 1.54) is 17.5 Å². The second-order valence-corrected chi connectivity index (χ2v) is 5.31. The fraction of sp³-hybridized carbons (Fsp3) is 0.111. The zero-order valence-corrected chi connectivity index (χ0v) is 13.0. The Hall–Kier alpha value is -3.08. The van der Waals surface area contributed by atoms with Gasteiger partial charge in [0.05, 0.1) is 0 Å². The second-order valence-electron chi connectivity index (χ2n) is 5.31. The van der Waals surface area contributed by atoms with Gasteiger partial charge in [0.2, 0.25) is 0 Å². The normalized spacial score (nSPS) is 10.3. The van der Waals surface area contributed by atoms with Crippen LogP contribution in [0.1, 0.15) is 11.1 Å². The summed E-state index contributed by atoms with van der Waals surface area (Å²) in [5.41, 5.74) is 9.99. The SMILES string of the molecule is Cc1ccc(Nc2ncnc(NCc3ccccc3)c2N)cc1. The molecule has 0 saturated carbocycles. The number of nitrogens with zero attached hydrogens (tertiary/aromatic N) is 2. The van der Waals surface area contributed by atoms with Crippen molar-refractivity contribution in [3.8, 4) is 0 Å². The highest BCUT2D eigenvalue weighted by molar-refractivity contribution is 5.77. The quantitative estimate of drug-likeness (QED) is 0.669. The van der Waals surface area contributed by atoms with Gasteiger partial charge < -0.3 is 16.4 Å². The minimum Gasteiger partial charge on any atom is -0.393 e. The summed E-state index contributed by atoms with van der Waals surface area (Å²) in [5, 5.41) is 6.47. The Bertz CT molecular complexity index is 769. The molecule has 0 aliphatic rings. The number of benzene rings is 2. The Kier molecular flexibility index (Phi) is 4.38. The van der Waals surface area contributed by atoms with Crippen molar-refractivity contribution in [2.24, 2.45) is 0 Å². The maximum absolute atomic E-state index is 6.18. The van der Waals surface area contributed by atoms with E-state index in [-0.39, 0.29) is 0 Å². The number of nitrogen functional groups attached to an aromatic ring is 1. The maximum Gasteiger partial charge on any atom is 0.159 e. The molecule has 5 nitrogen and oxygen atoms in total. The molecule has 0 bridgehead atoms. The summed E-state index contributed by atoms with van der Waals surface area (Å²) in [4.78, 5) is 8.45. The molecule has 0 aliphatic heterocycles. The number of hydrogen-bond acceptors (Lipinski definition) is 5. The van der Waals surface area contributed by atoms with Gasteiger partial charge in [-0.2, -0.15) is 0 Å². The predicted molar refractivity (Wildman–Crippen MR) is 94.7 cm³/mol. The molecular weight excluding hydrogens is 286 g/mol. The van der Waals surface area contributed by atoms with Crippen LogP contribution in [0.5, 0.6) is 0 Å². The first-order valence-electron chi connectivity index (χ1n) is 7.44. The number of hydrogen-bond donors (Lipinski definition) is 3. The smallest absolute Gasteiger partial charge is 0.159 e. The van der Waals surface area contributed by atoms with Gasteiger partial charge in [-0.1, -0.05) is 48.0 Å². The zero-order valence-electron chi connectivity index (χ0n) is 13.0. The summed E-state index contributed by atoms with van der Waals surface area (Å²) in [6.07, 6.45) is 1.50. The van der Waals surface area contributed by atoms with Crippen LogP contribution in [0, 0.1) is 6.92 Å². The lowest BCUT2D eigenvalue weighted by Gasteiger charge is -2.12. The Morgan fingerprint density at radius 3 is 2.35 bits per heavy atom. The minimum atomic E-state index is 0.504.